The first-order valence-corrected chi connectivity index (χ1v) is 11.2. The average Bonchev–Trinajstić information content (AvgIpc) is 3.11. The molecule has 168 valence electrons. The van der Waals surface area contributed by atoms with Crippen LogP contribution in [0.5, 0.6) is 0 Å². The minimum absolute atomic E-state index is 0.0223. The van der Waals surface area contributed by atoms with Crippen molar-refractivity contribution in [2.75, 3.05) is 13.1 Å². The summed E-state index contributed by atoms with van der Waals surface area (Å²) in [5.41, 5.74) is 7.37. The average molecular weight is 438 g/mol. The Morgan fingerprint density at radius 1 is 1.25 bits per heavy atom. The lowest BCUT2D eigenvalue weighted by Crippen LogP contribution is -2.57. The molecule has 0 radical (unpaired) electrons. The van der Waals surface area contributed by atoms with Gasteiger partial charge in [0.05, 0.1) is 29.8 Å². The number of aromatic carboxylic acids is 1. The van der Waals surface area contributed by atoms with Gasteiger partial charge in [-0.3, -0.25) is 14.5 Å². The van der Waals surface area contributed by atoms with Crippen molar-refractivity contribution in [2.24, 2.45) is 11.7 Å². The molecular formula is C23H27N5O4. The topological polar surface area (TPSA) is 131 Å². The number of benzene rings is 1. The van der Waals surface area contributed by atoms with Crippen LogP contribution in [0.25, 0.3) is 0 Å². The van der Waals surface area contributed by atoms with E-state index in [-0.39, 0.29) is 47.6 Å². The lowest BCUT2D eigenvalue weighted by Gasteiger charge is -2.38. The Labute approximate surface area is 186 Å². The Hall–Kier alpha value is -2.96. The van der Waals surface area contributed by atoms with E-state index in [0.29, 0.717) is 25.4 Å². The second kappa shape index (κ2) is 7.57. The van der Waals surface area contributed by atoms with Gasteiger partial charge in [-0.05, 0) is 49.8 Å². The number of likely N-dealkylation sites (tertiary alicyclic amines) is 3. The monoisotopic (exact) mass is 437 g/mol. The van der Waals surface area contributed by atoms with E-state index in [1.807, 2.05) is 16.7 Å². The number of nitriles is 1. The summed E-state index contributed by atoms with van der Waals surface area (Å²) in [6, 6.07) is 7.48. The smallest absolute Gasteiger partial charge is 0.335 e. The fourth-order valence-corrected chi connectivity index (χ4v) is 5.87. The number of piperazine rings is 1. The molecule has 3 aliphatic heterocycles. The molecule has 32 heavy (non-hydrogen) atoms. The van der Waals surface area contributed by atoms with Gasteiger partial charge in [0.15, 0.2) is 0 Å². The van der Waals surface area contributed by atoms with Crippen molar-refractivity contribution in [2.45, 2.75) is 62.4 Å². The zero-order chi connectivity index (χ0) is 22.7. The summed E-state index contributed by atoms with van der Waals surface area (Å²) in [6.07, 6.45) is 2.41. The van der Waals surface area contributed by atoms with Crippen LogP contribution in [0.1, 0.15) is 48.1 Å². The standard InChI is InChI=1S/C23H27N5O4/c1-12(13-2-4-14(5-3-13)23(31)32)27-17-8-20(22(27)30)26(10-17)11-18(25)21(29)28-16(9-24)6-15-7-19(15)28/h2-5,12,15-20H,6-8,10-11,25H2,1H3,(H,31,32)/t12?,15?,16?,17-,18?,19-,20?/m0/s1. The third-order valence-electron chi connectivity index (χ3n) is 7.63. The predicted molar refractivity (Wildman–Crippen MR) is 113 cm³/mol. The lowest BCUT2D eigenvalue weighted by atomic mass is 10.0. The van der Waals surface area contributed by atoms with Gasteiger partial charge < -0.3 is 20.6 Å². The number of carboxylic acids is 1. The van der Waals surface area contributed by atoms with Gasteiger partial charge in [0.2, 0.25) is 11.8 Å². The third kappa shape index (κ3) is 3.26. The fourth-order valence-electron chi connectivity index (χ4n) is 5.87. The highest BCUT2D eigenvalue weighted by Crippen LogP contribution is 2.48. The highest BCUT2D eigenvalue weighted by atomic mass is 16.4. The molecule has 5 unspecified atom stereocenters. The molecule has 1 aromatic rings. The molecule has 3 saturated heterocycles. The van der Waals surface area contributed by atoms with Crippen molar-refractivity contribution in [1.29, 1.82) is 5.26 Å². The van der Waals surface area contributed by atoms with Crippen LogP contribution in [0.15, 0.2) is 24.3 Å². The van der Waals surface area contributed by atoms with Crippen LogP contribution in [0.4, 0.5) is 0 Å². The minimum atomic E-state index is -0.978. The van der Waals surface area contributed by atoms with Crippen molar-refractivity contribution in [3.8, 4) is 6.07 Å². The van der Waals surface area contributed by atoms with E-state index in [0.717, 1.165) is 18.4 Å². The number of carbonyl (C=O) groups excluding carboxylic acids is 2. The summed E-state index contributed by atoms with van der Waals surface area (Å²) in [6.45, 7) is 2.92. The highest BCUT2D eigenvalue weighted by molar-refractivity contribution is 5.88. The zero-order valence-electron chi connectivity index (χ0n) is 17.9. The molecule has 0 aromatic heterocycles. The zero-order valence-corrected chi connectivity index (χ0v) is 17.9. The quantitative estimate of drug-likeness (QED) is 0.665. The molecule has 3 N–H and O–H groups in total. The van der Waals surface area contributed by atoms with E-state index in [4.69, 9.17) is 10.8 Å². The van der Waals surface area contributed by atoms with Crippen molar-refractivity contribution in [1.82, 2.24) is 14.7 Å². The van der Waals surface area contributed by atoms with Gasteiger partial charge in [-0.1, -0.05) is 12.1 Å². The molecule has 2 amide bonds. The Kier molecular flexibility index (Phi) is 4.95. The van der Waals surface area contributed by atoms with Crippen LogP contribution >= 0.6 is 0 Å². The molecule has 2 bridgehead atoms. The van der Waals surface area contributed by atoms with Crippen molar-refractivity contribution < 1.29 is 19.5 Å². The van der Waals surface area contributed by atoms with E-state index in [2.05, 4.69) is 6.07 Å². The van der Waals surface area contributed by atoms with Crippen molar-refractivity contribution >= 4 is 17.8 Å². The van der Waals surface area contributed by atoms with Crippen LogP contribution in [0.3, 0.4) is 0 Å². The number of fused-ring (bicyclic) bond motifs is 3. The van der Waals surface area contributed by atoms with Gasteiger partial charge in [0, 0.05) is 25.2 Å². The number of hydrogen-bond acceptors (Lipinski definition) is 6. The van der Waals surface area contributed by atoms with Gasteiger partial charge in [-0.25, -0.2) is 4.79 Å². The first-order chi connectivity index (χ1) is 15.3. The largest absolute Gasteiger partial charge is 0.478 e. The third-order valence-corrected chi connectivity index (χ3v) is 7.63. The summed E-state index contributed by atoms with van der Waals surface area (Å²) in [5, 5.41) is 18.4. The minimum Gasteiger partial charge on any atom is -0.478 e. The van der Waals surface area contributed by atoms with Gasteiger partial charge in [0.25, 0.3) is 0 Å². The number of piperidine rings is 1. The molecule has 1 aromatic carbocycles. The van der Waals surface area contributed by atoms with Crippen LogP contribution in [-0.4, -0.2) is 80.9 Å². The maximum Gasteiger partial charge on any atom is 0.335 e. The van der Waals surface area contributed by atoms with Gasteiger partial charge in [0.1, 0.15) is 6.04 Å². The Balaban J connectivity index is 1.22. The second-order valence-electron chi connectivity index (χ2n) is 9.50. The summed E-state index contributed by atoms with van der Waals surface area (Å²) in [7, 11) is 0. The number of rotatable bonds is 6. The van der Waals surface area contributed by atoms with E-state index in [1.165, 1.54) is 0 Å². The van der Waals surface area contributed by atoms with Crippen LogP contribution in [-0.2, 0) is 9.59 Å². The maximum absolute atomic E-state index is 13.1. The molecular weight excluding hydrogens is 410 g/mol. The van der Waals surface area contributed by atoms with E-state index in [9.17, 15) is 19.6 Å². The molecule has 1 aliphatic carbocycles. The summed E-state index contributed by atoms with van der Waals surface area (Å²) >= 11 is 0. The molecule has 0 spiro atoms. The SMILES string of the molecule is CC(c1ccc(C(=O)O)cc1)N1C(=O)C2C[C@H]1CN2CC(N)C(=O)N1C(C#N)CC2C[C@@H]21. The fraction of sp³-hybridized carbons (Fsp3) is 0.565. The van der Waals surface area contributed by atoms with E-state index < -0.39 is 12.0 Å². The predicted octanol–water partition coefficient (Wildman–Crippen LogP) is 0.571. The first kappa shape index (κ1) is 20.9. The van der Waals surface area contributed by atoms with Gasteiger partial charge >= 0.3 is 5.97 Å². The summed E-state index contributed by atoms with van der Waals surface area (Å²) in [4.78, 5) is 42.7. The maximum atomic E-state index is 13.1. The van der Waals surface area contributed by atoms with E-state index in [1.54, 1.807) is 29.2 Å². The lowest BCUT2D eigenvalue weighted by molar-refractivity contribution is -0.141. The van der Waals surface area contributed by atoms with Crippen molar-refractivity contribution in [3.63, 3.8) is 0 Å². The molecule has 9 heteroatoms. The van der Waals surface area contributed by atoms with E-state index >= 15 is 0 Å². The molecule has 7 atom stereocenters. The Bertz CT molecular complexity index is 1000. The number of carboxylic acid groups (broad SMARTS) is 1. The number of amides is 2. The van der Waals surface area contributed by atoms with Gasteiger partial charge in [-0.2, -0.15) is 5.26 Å². The molecule has 3 heterocycles. The number of hydrogen-bond donors (Lipinski definition) is 2. The Morgan fingerprint density at radius 3 is 2.59 bits per heavy atom. The second-order valence-corrected chi connectivity index (χ2v) is 9.50. The number of carbonyl (C=O) groups is 3. The first-order valence-electron chi connectivity index (χ1n) is 11.2. The summed E-state index contributed by atoms with van der Waals surface area (Å²) in [5.74, 6) is -0.691. The normalized spacial score (nSPS) is 32.5. The molecule has 4 fully saturated rings. The van der Waals surface area contributed by atoms with Crippen LogP contribution in [0.2, 0.25) is 0 Å². The number of nitrogens with zero attached hydrogens (tertiary/aromatic N) is 4. The van der Waals surface area contributed by atoms with Gasteiger partial charge in [-0.15, -0.1) is 0 Å². The molecule has 1 saturated carbocycles. The Morgan fingerprint density at radius 2 is 1.97 bits per heavy atom. The highest BCUT2D eigenvalue weighted by Gasteiger charge is 2.56. The molecule has 5 rings (SSSR count). The molecule has 4 aliphatic rings. The summed E-state index contributed by atoms with van der Waals surface area (Å²) < 4.78 is 0. The van der Waals surface area contributed by atoms with Crippen LogP contribution < -0.4 is 5.73 Å². The van der Waals surface area contributed by atoms with Crippen LogP contribution in [0, 0.1) is 17.2 Å². The number of nitrogens with two attached hydrogens (primary N) is 1. The molecule has 9 nitrogen and oxygen atoms in total. The van der Waals surface area contributed by atoms with Crippen molar-refractivity contribution in [3.05, 3.63) is 35.4 Å².